The number of esters is 1. The molecule has 0 unspecified atom stereocenters. The molecule has 0 saturated carbocycles. The minimum Gasteiger partial charge on any atom is -0.452 e. The zero-order valence-electron chi connectivity index (χ0n) is 14.9. The number of hydrogen-bond acceptors (Lipinski definition) is 5. The fourth-order valence-electron chi connectivity index (χ4n) is 2.62. The Hall–Kier alpha value is -2.28. The maximum Gasteiger partial charge on any atom is 0.338 e. The Morgan fingerprint density at radius 3 is 2.58 bits per heavy atom. The van der Waals surface area contributed by atoms with E-state index in [2.05, 4.69) is 16.7 Å². The van der Waals surface area contributed by atoms with E-state index >= 15 is 0 Å². The number of carbonyl (C=O) groups excluding carboxylic acids is 3. The van der Waals surface area contributed by atoms with Gasteiger partial charge in [-0.3, -0.25) is 10.1 Å². The molecule has 0 saturated heterocycles. The van der Waals surface area contributed by atoms with E-state index in [0.717, 1.165) is 24.2 Å². The molecule has 3 amide bonds. The van der Waals surface area contributed by atoms with Gasteiger partial charge in [0, 0.05) is 11.4 Å². The van der Waals surface area contributed by atoms with Gasteiger partial charge < -0.3 is 10.1 Å². The van der Waals surface area contributed by atoms with E-state index in [1.165, 1.54) is 18.4 Å². The van der Waals surface area contributed by atoms with Crippen molar-refractivity contribution in [3.05, 3.63) is 41.5 Å². The van der Waals surface area contributed by atoms with Gasteiger partial charge in [-0.15, -0.1) is 11.8 Å². The van der Waals surface area contributed by atoms with Crippen molar-refractivity contribution in [2.24, 2.45) is 0 Å². The van der Waals surface area contributed by atoms with Gasteiger partial charge in [-0.05, 0) is 62.6 Å². The first kappa shape index (κ1) is 20.0. The molecule has 6 nitrogen and oxygen atoms in total. The number of nitrogens with one attached hydrogen (secondary N) is 2. The lowest BCUT2D eigenvalue weighted by molar-refractivity contribution is -0.123. The number of hydrogen-bond donors (Lipinski definition) is 2. The van der Waals surface area contributed by atoms with Gasteiger partial charge in [-0.2, -0.15) is 0 Å². The minimum atomic E-state index is -0.659. The Morgan fingerprint density at radius 2 is 1.92 bits per heavy atom. The van der Waals surface area contributed by atoms with Gasteiger partial charge in [-0.25, -0.2) is 9.59 Å². The molecule has 0 atom stereocenters. The van der Waals surface area contributed by atoms with E-state index < -0.39 is 24.5 Å². The highest BCUT2D eigenvalue weighted by Gasteiger charge is 2.12. The molecule has 0 aromatic heterocycles. The van der Waals surface area contributed by atoms with Crippen LogP contribution in [0.4, 0.5) is 4.79 Å². The second-order valence-corrected chi connectivity index (χ2v) is 6.85. The van der Waals surface area contributed by atoms with Crippen molar-refractivity contribution >= 4 is 29.7 Å². The smallest absolute Gasteiger partial charge is 0.338 e. The third kappa shape index (κ3) is 6.92. The van der Waals surface area contributed by atoms with E-state index in [9.17, 15) is 14.4 Å². The SMILES string of the molecule is CSc1ccc(C(=O)OCC(=O)NC(=O)NCCC2=CCCCC2)cc1. The van der Waals surface area contributed by atoms with Crippen molar-refractivity contribution in [2.45, 2.75) is 37.0 Å². The summed E-state index contributed by atoms with van der Waals surface area (Å²) in [5, 5.41) is 4.79. The molecule has 1 aliphatic carbocycles. The van der Waals surface area contributed by atoms with Gasteiger partial charge in [0.15, 0.2) is 6.61 Å². The van der Waals surface area contributed by atoms with Crippen LogP contribution in [0.25, 0.3) is 0 Å². The topological polar surface area (TPSA) is 84.5 Å². The summed E-state index contributed by atoms with van der Waals surface area (Å²) < 4.78 is 4.92. The number of thioether (sulfide) groups is 1. The summed E-state index contributed by atoms with van der Waals surface area (Å²) in [5.74, 6) is -1.26. The lowest BCUT2D eigenvalue weighted by Gasteiger charge is -2.13. The normalized spacial score (nSPS) is 13.5. The molecule has 0 radical (unpaired) electrons. The predicted octanol–water partition coefficient (Wildman–Crippen LogP) is 3.28. The molecule has 0 heterocycles. The number of amides is 3. The molecular weight excluding hydrogens is 352 g/mol. The molecule has 1 aromatic carbocycles. The van der Waals surface area contributed by atoms with E-state index in [4.69, 9.17) is 4.74 Å². The van der Waals surface area contributed by atoms with Crippen LogP contribution < -0.4 is 10.6 Å². The first-order valence-corrected chi connectivity index (χ1v) is 9.87. The second-order valence-electron chi connectivity index (χ2n) is 5.97. The van der Waals surface area contributed by atoms with Crippen molar-refractivity contribution in [2.75, 3.05) is 19.4 Å². The summed E-state index contributed by atoms with van der Waals surface area (Å²) in [7, 11) is 0. The minimum absolute atomic E-state index is 0.362. The van der Waals surface area contributed by atoms with Crippen molar-refractivity contribution in [3.63, 3.8) is 0 Å². The van der Waals surface area contributed by atoms with E-state index in [-0.39, 0.29) is 0 Å². The monoisotopic (exact) mass is 376 g/mol. The highest BCUT2D eigenvalue weighted by molar-refractivity contribution is 7.98. The first-order valence-electron chi connectivity index (χ1n) is 8.65. The maximum absolute atomic E-state index is 11.9. The molecule has 2 rings (SSSR count). The number of allylic oxidation sites excluding steroid dienone is 1. The van der Waals surface area contributed by atoms with E-state index in [0.29, 0.717) is 12.1 Å². The molecule has 2 N–H and O–H groups in total. The number of ether oxygens (including phenoxy) is 1. The highest BCUT2D eigenvalue weighted by Crippen LogP contribution is 2.19. The zero-order chi connectivity index (χ0) is 18.8. The average Bonchev–Trinajstić information content (AvgIpc) is 2.67. The van der Waals surface area contributed by atoms with Crippen molar-refractivity contribution < 1.29 is 19.1 Å². The zero-order valence-corrected chi connectivity index (χ0v) is 15.7. The molecule has 0 bridgehead atoms. The quantitative estimate of drug-likeness (QED) is 0.433. The van der Waals surface area contributed by atoms with Crippen LogP contribution in [0.2, 0.25) is 0 Å². The average molecular weight is 376 g/mol. The molecule has 1 aromatic rings. The lowest BCUT2D eigenvalue weighted by Crippen LogP contribution is -2.41. The summed E-state index contributed by atoms with van der Waals surface area (Å²) in [6.45, 7) is -0.0196. The summed E-state index contributed by atoms with van der Waals surface area (Å²) >= 11 is 1.57. The number of imide groups is 1. The predicted molar refractivity (Wildman–Crippen MR) is 101 cm³/mol. The number of carbonyl (C=O) groups is 3. The standard InChI is InChI=1S/C19H24N2O4S/c1-26-16-9-7-15(8-10-16)18(23)25-13-17(22)21-19(24)20-12-11-14-5-3-2-4-6-14/h5,7-10H,2-4,6,11-13H2,1H3,(H2,20,21,22,24). The molecule has 1 aliphatic rings. The van der Waals surface area contributed by atoms with Crippen LogP contribution in [0.1, 0.15) is 42.5 Å². The number of urea groups is 1. The van der Waals surface area contributed by atoms with E-state index in [1.807, 2.05) is 6.26 Å². The molecule has 0 aliphatic heterocycles. The fraction of sp³-hybridized carbons (Fsp3) is 0.421. The van der Waals surface area contributed by atoms with Gasteiger partial charge in [0.1, 0.15) is 0 Å². The van der Waals surface area contributed by atoms with Crippen LogP contribution in [-0.4, -0.2) is 37.3 Å². The van der Waals surface area contributed by atoms with Crippen LogP contribution in [0, 0.1) is 0 Å². The summed E-state index contributed by atoms with van der Waals surface area (Å²) in [6.07, 6.45) is 9.56. The van der Waals surface area contributed by atoms with Crippen LogP contribution in [0.5, 0.6) is 0 Å². The highest BCUT2D eigenvalue weighted by atomic mass is 32.2. The Morgan fingerprint density at radius 1 is 1.15 bits per heavy atom. The number of benzene rings is 1. The molecule has 26 heavy (non-hydrogen) atoms. The molecule has 0 spiro atoms. The molecule has 7 heteroatoms. The summed E-state index contributed by atoms with van der Waals surface area (Å²) in [5.41, 5.74) is 1.71. The fourth-order valence-corrected chi connectivity index (χ4v) is 3.02. The van der Waals surface area contributed by atoms with Crippen molar-refractivity contribution in [1.29, 1.82) is 0 Å². The lowest BCUT2D eigenvalue weighted by atomic mass is 9.97. The Kier molecular flexibility index (Phi) is 8.21. The van der Waals surface area contributed by atoms with Crippen molar-refractivity contribution in [1.82, 2.24) is 10.6 Å². The van der Waals surface area contributed by atoms with Crippen LogP contribution in [0.15, 0.2) is 40.8 Å². The second kappa shape index (κ2) is 10.7. The molecule has 140 valence electrons. The van der Waals surface area contributed by atoms with Crippen LogP contribution in [0.3, 0.4) is 0 Å². The number of rotatable bonds is 7. The van der Waals surface area contributed by atoms with Gasteiger partial charge in [0.05, 0.1) is 5.56 Å². The molecular formula is C19H24N2O4S. The van der Waals surface area contributed by atoms with Crippen molar-refractivity contribution in [3.8, 4) is 0 Å². The van der Waals surface area contributed by atoms with E-state index in [1.54, 1.807) is 36.0 Å². The summed E-state index contributed by atoms with van der Waals surface area (Å²) in [6, 6.07) is 6.30. The first-order chi connectivity index (χ1) is 12.6. The summed E-state index contributed by atoms with van der Waals surface area (Å²) in [4.78, 5) is 36.3. The van der Waals surface area contributed by atoms with Crippen LogP contribution in [-0.2, 0) is 9.53 Å². The molecule has 0 fully saturated rings. The largest absolute Gasteiger partial charge is 0.452 e. The van der Waals surface area contributed by atoms with Gasteiger partial charge in [0.2, 0.25) is 0 Å². The maximum atomic E-state index is 11.9. The Balaban J connectivity index is 1.64. The third-order valence-corrected chi connectivity index (χ3v) is 4.77. The third-order valence-electron chi connectivity index (χ3n) is 4.03. The van der Waals surface area contributed by atoms with Gasteiger partial charge >= 0.3 is 12.0 Å². The Labute approximate surface area is 157 Å². The van der Waals surface area contributed by atoms with Gasteiger partial charge in [0.25, 0.3) is 5.91 Å². The van der Waals surface area contributed by atoms with Crippen LogP contribution >= 0.6 is 11.8 Å². The van der Waals surface area contributed by atoms with Gasteiger partial charge in [-0.1, -0.05) is 11.6 Å². The Bertz CT molecular complexity index is 671.